The van der Waals surface area contributed by atoms with Crippen LogP contribution in [0.5, 0.6) is 0 Å². The van der Waals surface area contributed by atoms with Crippen molar-refractivity contribution in [3.8, 4) is 0 Å². The van der Waals surface area contributed by atoms with Gasteiger partial charge in [-0.2, -0.15) is 8.42 Å². The second kappa shape index (κ2) is 36.5. The molecular formula is C79H139NO21S. The third kappa shape index (κ3) is 20.2. The number of hydrogen-bond acceptors (Lipinski definition) is 21. The number of fused-ring (bicyclic) bond motifs is 7. The molecule has 9 aliphatic rings. The van der Waals surface area contributed by atoms with Crippen molar-refractivity contribution in [3.05, 3.63) is 11.6 Å². The van der Waals surface area contributed by atoms with E-state index >= 15 is 0 Å². The average molecular weight is 1470 g/mol. The SMILES string of the molecule is CC1CCC2(OC1)OC1CC3C4CCC5CC(O)CCC5(C)C4=CCC3(C)C1C2C.CCC(=O)OC1C(OC2C(C)C(OC3CC(C)(OC)C(O)C(C)O3)C(C)C(=O)OC(CC)C(C)(O)C(O)C(C)C(=O)C(C)CC2(C)O)OC(C)CC1N(C)C.CCCCCCCCCCCCOS(=O)(=O)O. The number of nitrogens with zero attached hydrogens (tertiary/aromatic N) is 1. The van der Waals surface area contributed by atoms with E-state index in [9.17, 15) is 48.3 Å². The van der Waals surface area contributed by atoms with E-state index in [4.69, 9.17) is 47.2 Å². The first kappa shape index (κ1) is 86.9. The molecule has 0 aromatic heterocycles. The number of cyclic esters (lactones) is 1. The Balaban J connectivity index is 0.000000255. The molecule has 0 amide bonds. The molecule has 23 heteroatoms. The van der Waals surface area contributed by atoms with Crippen molar-refractivity contribution in [1.29, 1.82) is 0 Å². The Morgan fingerprint density at radius 1 is 0.755 bits per heavy atom. The van der Waals surface area contributed by atoms with Gasteiger partial charge < -0.3 is 73.1 Å². The molecule has 9 rings (SSSR count). The van der Waals surface area contributed by atoms with Crippen LogP contribution in [0.3, 0.4) is 0 Å². The lowest BCUT2D eigenvalue weighted by Crippen LogP contribution is -2.61. The number of ketones is 1. The molecule has 5 aliphatic heterocycles. The van der Waals surface area contributed by atoms with E-state index in [2.05, 4.69) is 44.9 Å². The molecule has 3 saturated carbocycles. The minimum Gasteiger partial charge on any atom is -0.459 e. The minimum absolute atomic E-state index is 0.0661. The predicted molar refractivity (Wildman–Crippen MR) is 387 cm³/mol. The van der Waals surface area contributed by atoms with E-state index in [1.807, 2.05) is 25.9 Å². The van der Waals surface area contributed by atoms with Crippen molar-refractivity contribution in [2.24, 2.45) is 70.0 Å². The number of hydrogen-bond donors (Lipinski definition) is 6. The number of Topliss-reactive ketones (excluding diaryl/α,β-unsaturated/α-hetero) is 1. The highest BCUT2D eigenvalue weighted by Gasteiger charge is 2.68. The van der Waals surface area contributed by atoms with Crippen molar-refractivity contribution in [2.75, 3.05) is 34.4 Å². The summed E-state index contributed by atoms with van der Waals surface area (Å²) < 4.78 is 89.9. The van der Waals surface area contributed by atoms with Crippen LogP contribution in [0.15, 0.2) is 11.6 Å². The number of esters is 2. The molecule has 29 unspecified atom stereocenters. The van der Waals surface area contributed by atoms with E-state index in [0.29, 0.717) is 53.4 Å². The molecule has 1 spiro atoms. The molecule has 5 heterocycles. The van der Waals surface area contributed by atoms with Crippen LogP contribution in [0.2, 0.25) is 0 Å². The van der Waals surface area contributed by atoms with Crippen LogP contribution in [0.25, 0.3) is 0 Å². The lowest BCUT2D eigenvalue weighted by Gasteiger charge is -2.57. The largest absolute Gasteiger partial charge is 0.459 e. The highest BCUT2D eigenvalue weighted by molar-refractivity contribution is 7.80. The smallest absolute Gasteiger partial charge is 0.397 e. The molecule has 102 heavy (non-hydrogen) atoms. The van der Waals surface area contributed by atoms with Gasteiger partial charge in [-0.15, -0.1) is 0 Å². The summed E-state index contributed by atoms with van der Waals surface area (Å²) in [6, 6.07) is -0.319. The maximum atomic E-state index is 14.2. The predicted octanol–water partition coefficient (Wildman–Crippen LogP) is 12.2. The fraction of sp³-hybridized carbons (Fsp3) is 0.937. The number of likely N-dealkylation sites (N-methyl/N-ethyl adjacent to an activating group) is 1. The van der Waals surface area contributed by atoms with Crippen molar-refractivity contribution in [3.63, 3.8) is 0 Å². The lowest BCUT2D eigenvalue weighted by molar-refractivity contribution is -0.319. The molecule has 29 atom stereocenters. The van der Waals surface area contributed by atoms with Crippen LogP contribution in [-0.4, -0.2) is 198 Å². The van der Waals surface area contributed by atoms with E-state index in [1.54, 1.807) is 54.0 Å². The Labute approximate surface area is 613 Å². The molecule has 0 aromatic carbocycles. The minimum atomic E-state index is -4.23. The van der Waals surface area contributed by atoms with Gasteiger partial charge in [0.25, 0.3) is 0 Å². The Kier molecular flexibility index (Phi) is 31.1. The highest BCUT2D eigenvalue weighted by atomic mass is 32.3. The lowest BCUT2D eigenvalue weighted by atomic mass is 9.48. The molecule has 592 valence electrons. The van der Waals surface area contributed by atoms with Crippen molar-refractivity contribution < 1.29 is 99.7 Å². The zero-order valence-electron chi connectivity index (χ0n) is 65.9. The second-order valence-electron chi connectivity index (χ2n) is 34.4. The number of rotatable bonds is 21. The van der Waals surface area contributed by atoms with Crippen LogP contribution < -0.4 is 0 Å². The van der Waals surface area contributed by atoms with Gasteiger partial charge in [0.1, 0.15) is 23.6 Å². The quantitative estimate of drug-likeness (QED) is 0.0269. The topological polar surface area (TPSA) is 302 Å². The van der Waals surface area contributed by atoms with Crippen molar-refractivity contribution in [1.82, 2.24) is 4.90 Å². The molecule has 22 nitrogen and oxygen atoms in total. The summed E-state index contributed by atoms with van der Waals surface area (Å²) in [7, 11) is 0.973. The van der Waals surface area contributed by atoms with E-state index in [1.165, 1.54) is 111 Å². The van der Waals surface area contributed by atoms with Gasteiger partial charge in [-0.25, -0.2) is 4.18 Å². The van der Waals surface area contributed by atoms with Crippen LogP contribution in [0, 0.1) is 70.0 Å². The van der Waals surface area contributed by atoms with Crippen LogP contribution >= 0.6 is 0 Å². The Bertz CT molecular complexity index is 2810. The van der Waals surface area contributed by atoms with Crippen LogP contribution in [-0.2, 0) is 71.6 Å². The number of aliphatic hydroxyl groups is 5. The summed E-state index contributed by atoms with van der Waals surface area (Å²) >= 11 is 0. The zero-order valence-corrected chi connectivity index (χ0v) is 66.7. The van der Waals surface area contributed by atoms with E-state index < -0.39 is 124 Å². The summed E-state index contributed by atoms with van der Waals surface area (Å²) in [6.07, 6.45) is 15.8. The third-order valence-corrected chi connectivity index (χ3v) is 26.8. The molecule has 5 saturated heterocycles. The van der Waals surface area contributed by atoms with Gasteiger partial charge in [0.05, 0.1) is 79.1 Å². The summed E-state index contributed by atoms with van der Waals surface area (Å²) in [6.45, 7) is 31.0. The summed E-state index contributed by atoms with van der Waals surface area (Å²) in [5.74, 6) is -1.91. The van der Waals surface area contributed by atoms with Gasteiger partial charge in [0, 0.05) is 50.0 Å². The normalized spacial score (nSPS) is 44.8. The van der Waals surface area contributed by atoms with Gasteiger partial charge >= 0.3 is 22.3 Å². The fourth-order valence-electron chi connectivity index (χ4n) is 20.0. The first-order valence-corrected chi connectivity index (χ1v) is 41.0. The number of carbonyl (C=O) groups excluding carboxylic acids is 3. The van der Waals surface area contributed by atoms with Gasteiger partial charge in [-0.1, -0.05) is 139 Å². The number of carbonyl (C=O) groups is 3. The fourth-order valence-corrected chi connectivity index (χ4v) is 20.4. The number of ether oxygens (including phenoxy) is 9. The third-order valence-electron chi connectivity index (χ3n) is 26.3. The van der Waals surface area contributed by atoms with Gasteiger partial charge in [0.15, 0.2) is 24.5 Å². The van der Waals surface area contributed by atoms with Crippen LogP contribution in [0.4, 0.5) is 0 Å². The summed E-state index contributed by atoms with van der Waals surface area (Å²) in [4.78, 5) is 42.9. The summed E-state index contributed by atoms with van der Waals surface area (Å²) in [5.41, 5.74) is -2.46. The zero-order chi connectivity index (χ0) is 75.8. The maximum Gasteiger partial charge on any atom is 0.397 e. The summed E-state index contributed by atoms with van der Waals surface area (Å²) in [5, 5.41) is 56.8. The first-order chi connectivity index (χ1) is 47.7. The number of unbranched alkanes of at least 4 members (excludes halogenated alkanes) is 9. The van der Waals surface area contributed by atoms with Gasteiger partial charge in [-0.05, 0) is 173 Å². The van der Waals surface area contributed by atoms with Gasteiger partial charge in [-0.3, -0.25) is 18.9 Å². The second-order valence-corrected chi connectivity index (χ2v) is 35.5. The molecule has 0 bridgehead atoms. The molecule has 4 aliphatic carbocycles. The number of allylic oxidation sites excluding steroid dienone is 2. The average Bonchev–Trinajstić information content (AvgIpc) is 1.52. The first-order valence-electron chi connectivity index (χ1n) is 39.6. The maximum absolute atomic E-state index is 14.2. The molecule has 0 radical (unpaired) electrons. The van der Waals surface area contributed by atoms with E-state index in [-0.39, 0.29) is 56.3 Å². The molecule has 8 fully saturated rings. The monoisotopic (exact) mass is 1470 g/mol. The number of aliphatic hydroxyl groups excluding tert-OH is 3. The standard InChI is InChI=1S/C40H71NO14.C27H42O3.C12H26O4S/c1-15-27-40(11,48)33(44)22(5)30(43)20(3)18-38(9,47)35(55-37-32(53-28(42)16-2)26(41(12)13)17-21(4)50-37)23(6)31(24(7)36(46)52-27)54-29-19-39(10,49-14)34(45)25(8)51-29;1-16-7-12-27(29-15-16)17(2)24-23(30-27)14-22-20-6-5-18-13-19(28)8-10-25(18,3)21(20)9-11-26(22,24)4;1-2-3-4-5-6-7-8-9-10-11-12-16-17(13,14)15/h20-27,29,31-35,37,44-45,47-48H,15-19H2,1-14H3;9,16-20,22-24,28H,5-8,10-15H2,1-4H3;2-12H2,1H3,(H,13,14,15). The molecule has 0 aromatic rings. The molecule has 6 N–H and O–H groups in total. The van der Waals surface area contributed by atoms with Crippen LogP contribution in [0.1, 0.15) is 265 Å². The Morgan fingerprint density at radius 3 is 1.99 bits per heavy atom. The van der Waals surface area contributed by atoms with Gasteiger partial charge in [0.2, 0.25) is 0 Å². The number of methoxy groups -OCH3 is 1. The Hall–Kier alpha value is -2.30. The van der Waals surface area contributed by atoms with Crippen molar-refractivity contribution >= 4 is 28.1 Å². The Morgan fingerprint density at radius 2 is 1.40 bits per heavy atom. The van der Waals surface area contributed by atoms with Crippen molar-refractivity contribution in [2.45, 2.75) is 367 Å². The molecular weight excluding hydrogens is 1330 g/mol. The van der Waals surface area contributed by atoms with E-state index in [0.717, 1.165) is 50.5 Å². The highest BCUT2D eigenvalue weighted by Crippen LogP contribution is 2.70.